The van der Waals surface area contributed by atoms with Crippen LogP contribution in [0, 0.1) is 0 Å². The van der Waals surface area contributed by atoms with E-state index in [2.05, 4.69) is 20.8 Å². The summed E-state index contributed by atoms with van der Waals surface area (Å²) in [4.78, 5) is 0. The zero-order chi connectivity index (χ0) is 12.6. The fourth-order valence-corrected chi connectivity index (χ4v) is 4.44. The van der Waals surface area contributed by atoms with Gasteiger partial charge in [-0.15, -0.1) is 7.92 Å². The molecule has 0 fully saturated rings. The fourth-order valence-electron chi connectivity index (χ4n) is 1.48. The van der Waals surface area contributed by atoms with E-state index >= 15 is 0 Å². The van der Waals surface area contributed by atoms with Crippen LogP contribution in [0.3, 0.4) is 0 Å². The molecule has 0 aromatic rings. The molecule has 0 aliphatic heterocycles. The third-order valence-corrected chi connectivity index (χ3v) is 5.33. The van der Waals surface area contributed by atoms with Crippen molar-refractivity contribution >= 4 is 36.7 Å². The molecule has 0 aliphatic rings. The van der Waals surface area contributed by atoms with E-state index in [-0.39, 0.29) is 31.0 Å². The molecule has 18 heavy (non-hydrogen) atoms. The van der Waals surface area contributed by atoms with Crippen LogP contribution >= 0.6 is 36.7 Å². The first kappa shape index (κ1) is 28.9. The first-order valence-electron chi connectivity index (χ1n) is 6.31. The predicted molar refractivity (Wildman–Crippen MR) is 89.1 cm³/mol. The van der Waals surface area contributed by atoms with Crippen LogP contribution in [0.15, 0.2) is 0 Å². The maximum Gasteiger partial charge on any atom is 0 e. The molecule has 0 amide bonds. The number of hydrogen-bond acceptors (Lipinski definition) is 0. The molecule has 0 saturated carbocycles. The zero-order valence-corrected chi connectivity index (χ0v) is 20.3. The van der Waals surface area contributed by atoms with E-state index in [4.69, 9.17) is 18.8 Å². The summed E-state index contributed by atoms with van der Waals surface area (Å²) in [5.74, 6) is 0. The standard InChI is InChI=1S/C12H27P.2ClH.H3P.2Pt/c1-4-7-10-13(11-8-5-2)12-9-6-3;;;;;/h4-12H2,1-3H3;2*1H;1H3;;/q;;;;;+2/p-2. The van der Waals surface area contributed by atoms with Gasteiger partial charge in [0.25, 0.3) is 0 Å². The molecule has 0 nitrogen and oxygen atoms in total. The van der Waals surface area contributed by atoms with Crippen molar-refractivity contribution in [3.05, 3.63) is 0 Å². The van der Waals surface area contributed by atoms with Crippen molar-refractivity contribution in [2.75, 3.05) is 18.5 Å². The molecule has 0 spiro atoms. The Morgan fingerprint density at radius 3 is 1.17 bits per heavy atom. The summed E-state index contributed by atoms with van der Waals surface area (Å²) in [5, 5.41) is 0. The Morgan fingerprint density at radius 2 is 1.00 bits per heavy atom. The molecule has 0 aromatic carbocycles. The molecule has 122 valence electrons. The largest absolute Gasteiger partial charge is 0 e. The van der Waals surface area contributed by atoms with Gasteiger partial charge in [-0.25, -0.2) is 0 Å². The average molecular weight is 697 g/mol. The Labute approximate surface area is 151 Å². The predicted octanol–water partition coefficient (Wildman–Crippen LogP) is 6.30. The van der Waals surface area contributed by atoms with Gasteiger partial charge in [0.2, 0.25) is 0 Å². The molecule has 0 N–H and O–H groups in total. The van der Waals surface area contributed by atoms with Crippen LogP contribution in [0.5, 0.6) is 0 Å². The Bertz CT molecular complexity index is 103. The maximum absolute atomic E-state index is 4.88. The van der Waals surface area contributed by atoms with Crippen LogP contribution in [0.25, 0.3) is 0 Å². The van der Waals surface area contributed by atoms with Crippen LogP contribution in [-0.4, -0.2) is 18.5 Å². The van der Waals surface area contributed by atoms with Gasteiger partial charge in [0.05, 0.1) is 0 Å². The second-order valence-corrected chi connectivity index (χ2v) is 9.91. The van der Waals surface area contributed by atoms with E-state index in [9.17, 15) is 0 Å². The van der Waals surface area contributed by atoms with Crippen molar-refractivity contribution in [3.8, 4) is 0 Å². The molecule has 6 heteroatoms. The monoisotopic (exact) mass is 696 g/mol. The second-order valence-electron chi connectivity index (χ2n) is 3.95. The quantitative estimate of drug-likeness (QED) is 0.249. The number of unbranched alkanes of at least 4 members (excludes halogenated alkanes) is 3. The van der Waals surface area contributed by atoms with Gasteiger partial charge in [-0.3, -0.25) is 0 Å². The van der Waals surface area contributed by atoms with Crippen molar-refractivity contribution in [2.45, 2.75) is 59.3 Å². The van der Waals surface area contributed by atoms with E-state index < -0.39 is 16.5 Å². The van der Waals surface area contributed by atoms with Crippen LogP contribution < -0.4 is 0 Å². The van der Waals surface area contributed by atoms with Gasteiger partial charge in [0.1, 0.15) is 0 Å². The average Bonchev–Trinajstić information content (AvgIpc) is 2.29. The minimum atomic E-state index is -0.472. The smallest absolute Gasteiger partial charge is 0 e. The second kappa shape index (κ2) is 28.0. The Hall–Kier alpha value is 2.82. The summed E-state index contributed by atoms with van der Waals surface area (Å²) < 4.78 is 0. The van der Waals surface area contributed by atoms with Crippen molar-refractivity contribution < 1.29 is 37.5 Å². The molecule has 1 atom stereocenters. The van der Waals surface area contributed by atoms with Crippen LogP contribution in [0.2, 0.25) is 0 Å². The van der Waals surface area contributed by atoms with Gasteiger partial charge in [0, 0.05) is 21.1 Å². The number of halogens is 2. The SMILES string of the molecule is CCCCP(CCCC)CCCC.P.[Cl][Pt][Cl].[Pt]. The minimum Gasteiger partial charge on any atom is 0 e. The Kier molecular flexibility index (Phi) is 45.0. The van der Waals surface area contributed by atoms with Crippen LogP contribution in [-0.2, 0) is 37.5 Å². The molecule has 0 bridgehead atoms. The normalized spacial score (nSPS) is 9.22. The molecule has 1 unspecified atom stereocenters. The molecule has 0 saturated heterocycles. The van der Waals surface area contributed by atoms with Gasteiger partial charge >= 0.3 is 35.3 Å². The Balaban J connectivity index is -0.000000177. The molecular formula is C12H30Cl2P2Pt2. The van der Waals surface area contributed by atoms with Crippen molar-refractivity contribution in [1.29, 1.82) is 0 Å². The fraction of sp³-hybridized carbons (Fsp3) is 1.00. The topological polar surface area (TPSA) is 0 Å². The van der Waals surface area contributed by atoms with Gasteiger partial charge in [-0.05, 0) is 37.7 Å². The summed E-state index contributed by atoms with van der Waals surface area (Å²) in [7, 11) is 10.2. The van der Waals surface area contributed by atoms with Crippen LogP contribution in [0.4, 0.5) is 0 Å². The maximum atomic E-state index is 4.88. The molecular weight excluding hydrogens is 667 g/mol. The van der Waals surface area contributed by atoms with Crippen molar-refractivity contribution in [3.63, 3.8) is 0 Å². The first-order chi connectivity index (χ1) is 7.76. The molecule has 0 radical (unpaired) electrons. The van der Waals surface area contributed by atoms with Crippen molar-refractivity contribution in [1.82, 2.24) is 0 Å². The molecule has 0 aliphatic carbocycles. The molecule has 0 rings (SSSR count). The number of rotatable bonds is 9. The summed E-state index contributed by atoms with van der Waals surface area (Å²) in [6.07, 6.45) is 13.2. The van der Waals surface area contributed by atoms with E-state index in [1.165, 1.54) is 38.5 Å². The van der Waals surface area contributed by atoms with Gasteiger partial charge in [-0.2, -0.15) is 9.90 Å². The molecule has 0 heterocycles. The van der Waals surface area contributed by atoms with Crippen LogP contribution in [0.1, 0.15) is 59.3 Å². The summed E-state index contributed by atoms with van der Waals surface area (Å²) >= 11 is -0.472. The van der Waals surface area contributed by atoms with E-state index in [1.54, 1.807) is 18.5 Å². The Morgan fingerprint density at radius 1 is 0.778 bits per heavy atom. The third-order valence-electron chi connectivity index (χ3n) is 2.48. The van der Waals surface area contributed by atoms with Crippen molar-refractivity contribution in [2.24, 2.45) is 0 Å². The first-order valence-corrected chi connectivity index (χ1v) is 13.8. The van der Waals surface area contributed by atoms with E-state index in [0.717, 1.165) is 0 Å². The summed E-state index contributed by atoms with van der Waals surface area (Å²) in [5.41, 5.74) is 0. The molecule has 0 aromatic heterocycles. The third kappa shape index (κ3) is 27.2. The zero-order valence-electron chi connectivity index (χ0n) is 11.9. The van der Waals surface area contributed by atoms with Gasteiger partial charge in [0.15, 0.2) is 0 Å². The van der Waals surface area contributed by atoms with Gasteiger partial charge < -0.3 is 0 Å². The van der Waals surface area contributed by atoms with E-state index in [0.29, 0.717) is 7.92 Å². The summed E-state index contributed by atoms with van der Waals surface area (Å²) in [6.45, 7) is 6.94. The van der Waals surface area contributed by atoms with Gasteiger partial charge in [-0.1, -0.05) is 40.0 Å². The van der Waals surface area contributed by atoms with E-state index in [1.807, 2.05) is 0 Å². The summed E-state index contributed by atoms with van der Waals surface area (Å²) in [6, 6.07) is 0. The minimum absolute atomic E-state index is 0. The number of hydrogen-bond donors (Lipinski definition) is 0.